The van der Waals surface area contributed by atoms with Gasteiger partial charge in [-0.05, 0) is 43.3 Å². The third-order valence-electron chi connectivity index (χ3n) is 3.98. The fourth-order valence-electron chi connectivity index (χ4n) is 2.61. The number of benzene rings is 3. The Morgan fingerprint density at radius 3 is 2.48 bits per heavy atom. The molecule has 4 rings (SSSR count). The number of aryl methyl sites for hydroxylation is 1. The monoisotopic (exact) mass is 328 g/mol. The first-order valence-electron chi connectivity index (χ1n) is 8.03. The lowest BCUT2D eigenvalue weighted by Crippen LogP contribution is -2.11. The van der Waals surface area contributed by atoms with Crippen molar-refractivity contribution in [3.05, 3.63) is 83.9 Å². The Hall–Kier alpha value is -3.40. The molecule has 0 unspecified atom stereocenters. The lowest BCUT2D eigenvalue weighted by atomic mass is 10.1. The predicted molar refractivity (Wildman–Crippen MR) is 98.6 cm³/mol. The predicted octanol–water partition coefficient (Wildman–Crippen LogP) is 5.06. The number of anilines is 1. The van der Waals surface area contributed by atoms with Crippen LogP contribution in [0.5, 0.6) is 0 Å². The summed E-state index contributed by atoms with van der Waals surface area (Å²) in [6.45, 7) is 1.99. The Labute approximate surface area is 145 Å². The van der Waals surface area contributed by atoms with Crippen LogP contribution in [-0.4, -0.2) is 10.9 Å². The molecule has 1 heterocycles. The molecule has 0 aliphatic heterocycles. The van der Waals surface area contributed by atoms with Crippen molar-refractivity contribution in [3.63, 3.8) is 0 Å². The maximum absolute atomic E-state index is 12.3. The molecular formula is C21H16N2O2. The minimum atomic E-state index is -0.151. The number of carbonyl (C=O) groups excluding carboxylic acids is 1. The number of aromatic nitrogens is 1. The van der Waals surface area contributed by atoms with Crippen LogP contribution >= 0.6 is 0 Å². The van der Waals surface area contributed by atoms with E-state index in [0.717, 1.165) is 16.6 Å². The number of nitrogens with one attached hydrogen (secondary N) is 1. The second-order valence-electron chi connectivity index (χ2n) is 5.89. The van der Waals surface area contributed by atoms with E-state index >= 15 is 0 Å². The topological polar surface area (TPSA) is 55.1 Å². The second-order valence-corrected chi connectivity index (χ2v) is 5.89. The Kier molecular flexibility index (Phi) is 3.78. The molecule has 0 radical (unpaired) electrons. The van der Waals surface area contributed by atoms with Gasteiger partial charge in [-0.15, -0.1) is 0 Å². The Balaban J connectivity index is 1.61. The number of rotatable bonds is 3. The zero-order valence-corrected chi connectivity index (χ0v) is 13.7. The van der Waals surface area contributed by atoms with E-state index in [-0.39, 0.29) is 5.91 Å². The molecule has 3 aromatic carbocycles. The van der Waals surface area contributed by atoms with Gasteiger partial charge < -0.3 is 9.73 Å². The smallest absolute Gasteiger partial charge is 0.255 e. The zero-order valence-electron chi connectivity index (χ0n) is 13.7. The first-order valence-corrected chi connectivity index (χ1v) is 8.03. The van der Waals surface area contributed by atoms with Gasteiger partial charge in [0.15, 0.2) is 5.58 Å². The summed E-state index contributed by atoms with van der Waals surface area (Å²) in [5.41, 5.74) is 4.73. The van der Waals surface area contributed by atoms with E-state index in [2.05, 4.69) is 10.3 Å². The number of fused-ring (bicyclic) bond motifs is 1. The number of hydrogen-bond acceptors (Lipinski definition) is 3. The lowest BCUT2D eigenvalue weighted by Gasteiger charge is -2.05. The van der Waals surface area contributed by atoms with Crippen molar-refractivity contribution in [1.29, 1.82) is 0 Å². The van der Waals surface area contributed by atoms with Crippen molar-refractivity contribution < 1.29 is 9.21 Å². The Morgan fingerprint density at radius 2 is 1.72 bits per heavy atom. The summed E-state index contributed by atoms with van der Waals surface area (Å²) in [5, 5.41) is 2.89. The molecule has 0 fully saturated rings. The molecule has 1 N–H and O–H groups in total. The van der Waals surface area contributed by atoms with Gasteiger partial charge in [0.05, 0.1) is 0 Å². The van der Waals surface area contributed by atoms with Crippen LogP contribution in [0.25, 0.3) is 22.6 Å². The highest BCUT2D eigenvalue weighted by Crippen LogP contribution is 2.26. The van der Waals surface area contributed by atoms with E-state index in [4.69, 9.17) is 4.42 Å². The highest BCUT2D eigenvalue weighted by molar-refractivity contribution is 6.04. The molecule has 4 heteroatoms. The van der Waals surface area contributed by atoms with Gasteiger partial charge in [-0.1, -0.05) is 35.9 Å². The van der Waals surface area contributed by atoms with Crippen molar-refractivity contribution in [2.24, 2.45) is 0 Å². The minimum absolute atomic E-state index is 0.151. The van der Waals surface area contributed by atoms with Crippen LogP contribution in [0.4, 0.5) is 5.69 Å². The average Bonchev–Trinajstić information content (AvgIpc) is 3.06. The number of oxazole rings is 1. The lowest BCUT2D eigenvalue weighted by molar-refractivity contribution is 0.102. The molecule has 122 valence electrons. The highest BCUT2D eigenvalue weighted by atomic mass is 16.3. The molecule has 4 nitrogen and oxygen atoms in total. The standard InChI is InChI=1S/C21H16N2O2/c1-14-7-9-15(10-8-14)20(24)22-17-11-12-18-19(13-17)25-21(23-18)16-5-3-2-4-6-16/h2-13H,1H3,(H,22,24). The van der Waals surface area contributed by atoms with E-state index in [9.17, 15) is 4.79 Å². The summed E-state index contributed by atoms with van der Waals surface area (Å²) in [7, 11) is 0. The molecule has 0 bridgehead atoms. The summed E-state index contributed by atoms with van der Waals surface area (Å²) in [4.78, 5) is 16.8. The van der Waals surface area contributed by atoms with Crippen LogP contribution in [0, 0.1) is 6.92 Å². The van der Waals surface area contributed by atoms with Gasteiger partial charge >= 0.3 is 0 Å². The molecule has 0 atom stereocenters. The third kappa shape index (κ3) is 3.15. The van der Waals surface area contributed by atoms with Crippen LogP contribution in [0.2, 0.25) is 0 Å². The fourth-order valence-corrected chi connectivity index (χ4v) is 2.61. The Morgan fingerprint density at radius 1 is 0.960 bits per heavy atom. The quantitative estimate of drug-likeness (QED) is 0.572. The van der Waals surface area contributed by atoms with E-state index in [0.29, 0.717) is 22.7 Å². The molecule has 4 aromatic rings. The van der Waals surface area contributed by atoms with Gasteiger partial charge in [-0.25, -0.2) is 4.98 Å². The van der Waals surface area contributed by atoms with Gasteiger partial charge in [0, 0.05) is 22.9 Å². The van der Waals surface area contributed by atoms with E-state index in [1.807, 2.05) is 73.7 Å². The number of hydrogen-bond donors (Lipinski definition) is 1. The van der Waals surface area contributed by atoms with Crippen molar-refractivity contribution >= 4 is 22.7 Å². The van der Waals surface area contributed by atoms with Gasteiger partial charge in [-0.2, -0.15) is 0 Å². The van der Waals surface area contributed by atoms with Gasteiger partial charge in [0.2, 0.25) is 5.89 Å². The van der Waals surface area contributed by atoms with Crippen LogP contribution in [0.3, 0.4) is 0 Å². The Bertz CT molecular complexity index is 1030. The highest BCUT2D eigenvalue weighted by Gasteiger charge is 2.10. The van der Waals surface area contributed by atoms with Crippen molar-refractivity contribution in [3.8, 4) is 11.5 Å². The van der Waals surface area contributed by atoms with Gasteiger partial charge in [0.25, 0.3) is 5.91 Å². The molecule has 1 aromatic heterocycles. The molecule has 0 aliphatic rings. The normalized spacial score (nSPS) is 10.8. The van der Waals surface area contributed by atoms with Crippen LogP contribution in [0.1, 0.15) is 15.9 Å². The molecule has 0 spiro atoms. The molecular weight excluding hydrogens is 312 g/mol. The maximum atomic E-state index is 12.3. The zero-order chi connectivity index (χ0) is 17.2. The third-order valence-corrected chi connectivity index (χ3v) is 3.98. The summed E-state index contributed by atoms with van der Waals surface area (Å²) >= 11 is 0. The van der Waals surface area contributed by atoms with E-state index in [1.54, 1.807) is 6.07 Å². The van der Waals surface area contributed by atoms with E-state index in [1.165, 1.54) is 0 Å². The van der Waals surface area contributed by atoms with Crippen molar-refractivity contribution in [2.45, 2.75) is 6.92 Å². The average molecular weight is 328 g/mol. The molecule has 0 saturated carbocycles. The largest absolute Gasteiger partial charge is 0.436 e. The van der Waals surface area contributed by atoms with Crippen molar-refractivity contribution in [1.82, 2.24) is 4.98 Å². The first-order chi connectivity index (χ1) is 12.2. The minimum Gasteiger partial charge on any atom is -0.436 e. The van der Waals surface area contributed by atoms with Crippen LogP contribution in [-0.2, 0) is 0 Å². The molecule has 0 aliphatic carbocycles. The summed E-state index contributed by atoms with van der Waals surface area (Å²) in [6.07, 6.45) is 0. The summed E-state index contributed by atoms with van der Waals surface area (Å²) in [5.74, 6) is 0.416. The van der Waals surface area contributed by atoms with Gasteiger partial charge in [0.1, 0.15) is 5.52 Å². The van der Waals surface area contributed by atoms with E-state index < -0.39 is 0 Å². The number of nitrogens with zero attached hydrogens (tertiary/aromatic N) is 1. The van der Waals surface area contributed by atoms with Gasteiger partial charge in [-0.3, -0.25) is 4.79 Å². The molecule has 1 amide bonds. The van der Waals surface area contributed by atoms with Crippen molar-refractivity contribution in [2.75, 3.05) is 5.32 Å². The number of carbonyl (C=O) groups is 1. The second kappa shape index (κ2) is 6.24. The number of amides is 1. The molecule has 0 saturated heterocycles. The van der Waals surface area contributed by atoms with Crippen LogP contribution in [0.15, 0.2) is 77.2 Å². The fraction of sp³-hybridized carbons (Fsp3) is 0.0476. The summed E-state index contributed by atoms with van der Waals surface area (Å²) < 4.78 is 5.84. The summed E-state index contributed by atoms with van der Waals surface area (Å²) in [6, 6.07) is 22.6. The van der Waals surface area contributed by atoms with Crippen LogP contribution < -0.4 is 5.32 Å². The SMILES string of the molecule is Cc1ccc(C(=O)Nc2ccc3nc(-c4ccccc4)oc3c2)cc1. The first kappa shape index (κ1) is 15.1. The molecule has 25 heavy (non-hydrogen) atoms. The maximum Gasteiger partial charge on any atom is 0.255 e.